The van der Waals surface area contributed by atoms with E-state index in [1.54, 1.807) is 18.3 Å². The fourth-order valence-electron chi connectivity index (χ4n) is 1.98. The lowest BCUT2D eigenvalue weighted by molar-refractivity contribution is 0.554. The molecule has 0 aliphatic rings. The van der Waals surface area contributed by atoms with Gasteiger partial charge in [0, 0.05) is 12.7 Å². The Kier molecular flexibility index (Phi) is 3.92. The van der Waals surface area contributed by atoms with Gasteiger partial charge in [0.2, 0.25) is 0 Å². The summed E-state index contributed by atoms with van der Waals surface area (Å²) in [7, 11) is 0. The maximum atomic E-state index is 12.1. The molecule has 5 nitrogen and oxygen atoms in total. The zero-order chi connectivity index (χ0) is 13.0. The summed E-state index contributed by atoms with van der Waals surface area (Å²) in [6, 6.07) is 3.38. The first-order valence-electron chi connectivity index (χ1n) is 6.32. The van der Waals surface area contributed by atoms with E-state index in [1.807, 2.05) is 0 Å². The zero-order valence-electron chi connectivity index (χ0n) is 10.5. The highest BCUT2D eigenvalue weighted by Crippen LogP contribution is 2.02. The maximum absolute atomic E-state index is 12.1. The van der Waals surface area contributed by atoms with Crippen LogP contribution in [0, 0.1) is 0 Å². The summed E-state index contributed by atoms with van der Waals surface area (Å²) in [6.07, 6.45) is 5.70. The van der Waals surface area contributed by atoms with Crippen molar-refractivity contribution in [2.24, 2.45) is 0 Å². The Labute approximate surface area is 104 Å². The first-order chi connectivity index (χ1) is 8.74. The third-order valence-corrected chi connectivity index (χ3v) is 2.99. The number of hydrogen-bond donors (Lipinski definition) is 1. The van der Waals surface area contributed by atoms with Crippen molar-refractivity contribution in [1.82, 2.24) is 14.5 Å². The number of rotatable bonds is 5. The van der Waals surface area contributed by atoms with Gasteiger partial charge in [-0.2, -0.15) is 0 Å². The van der Waals surface area contributed by atoms with E-state index in [0.29, 0.717) is 17.6 Å². The third-order valence-electron chi connectivity index (χ3n) is 2.99. The summed E-state index contributed by atoms with van der Waals surface area (Å²) < 4.78 is 1.26. The van der Waals surface area contributed by atoms with Crippen molar-refractivity contribution < 1.29 is 0 Å². The van der Waals surface area contributed by atoms with Crippen LogP contribution >= 0.6 is 0 Å². The second-order valence-electron chi connectivity index (χ2n) is 4.35. The van der Waals surface area contributed by atoms with Crippen LogP contribution in [-0.4, -0.2) is 14.5 Å². The van der Waals surface area contributed by atoms with E-state index in [4.69, 9.17) is 0 Å². The Hall–Kier alpha value is -1.91. The Bertz CT molecular complexity index is 642. The van der Waals surface area contributed by atoms with Crippen LogP contribution in [0.2, 0.25) is 0 Å². The van der Waals surface area contributed by atoms with E-state index in [1.165, 1.54) is 4.57 Å². The number of aromatic nitrogens is 3. The van der Waals surface area contributed by atoms with Gasteiger partial charge in [-0.3, -0.25) is 14.3 Å². The number of H-pyrrole nitrogens is 1. The Balaban J connectivity index is 2.33. The standard InChI is InChI=1S/C13H17N3O2/c1-2-3-4-5-9-16-12(17)10-7-6-8-14-11(10)15-13(16)18/h6-8H,2-5,9H2,1H3,(H,14,15,18). The van der Waals surface area contributed by atoms with Crippen LogP contribution in [0.3, 0.4) is 0 Å². The first kappa shape index (κ1) is 12.5. The fraction of sp³-hybridized carbons (Fsp3) is 0.462. The maximum Gasteiger partial charge on any atom is 0.329 e. The number of nitrogens with one attached hydrogen (secondary N) is 1. The zero-order valence-corrected chi connectivity index (χ0v) is 10.5. The SMILES string of the molecule is CCCCCCn1c(=O)[nH]c2ncccc2c1=O. The number of unbranched alkanes of at least 4 members (excludes halogenated alkanes) is 3. The highest BCUT2D eigenvalue weighted by Gasteiger charge is 2.07. The third kappa shape index (κ3) is 2.50. The van der Waals surface area contributed by atoms with Gasteiger partial charge in [0.05, 0.1) is 5.39 Å². The molecule has 0 saturated carbocycles. The second kappa shape index (κ2) is 5.62. The lowest BCUT2D eigenvalue weighted by Crippen LogP contribution is -2.35. The topological polar surface area (TPSA) is 67.8 Å². The van der Waals surface area contributed by atoms with Crippen LogP contribution in [0.4, 0.5) is 0 Å². The van der Waals surface area contributed by atoms with Crippen LogP contribution in [0.5, 0.6) is 0 Å². The van der Waals surface area contributed by atoms with Crippen molar-refractivity contribution in [3.05, 3.63) is 39.2 Å². The van der Waals surface area contributed by atoms with Gasteiger partial charge in [-0.05, 0) is 18.6 Å². The quantitative estimate of drug-likeness (QED) is 0.817. The molecule has 0 aliphatic carbocycles. The van der Waals surface area contributed by atoms with E-state index < -0.39 is 0 Å². The van der Waals surface area contributed by atoms with Gasteiger partial charge in [-0.1, -0.05) is 26.2 Å². The fourth-order valence-corrected chi connectivity index (χ4v) is 1.98. The van der Waals surface area contributed by atoms with Crippen molar-refractivity contribution in [2.45, 2.75) is 39.2 Å². The number of pyridine rings is 1. The molecule has 2 aromatic heterocycles. The normalized spacial score (nSPS) is 10.9. The van der Waals surface area contributed by atoms with E-state index >= 15 is 0 Å². The molecular weight excluding hydrogens is 230 g/mol. The molecule has 2 rings (SSSR count). The molecule has 0 unspecified atom stereocenters. The second-order valence-corrected chi connectivity index (χ2v) is 4.35. The van der Waals surface area contributed by atoms with Crippen LogP contribution in [0.1, 0.15) is 32.6 Å². The molecule has 2 aromatic rings. The largest absolute Gasteiger partial charge is 0.329 e. The Morgan fingerprint density at radius 1 is 1.28 bits per heavy atom. The molecule has 18 heavy (non-hydrogen) atoms. The number of aromatic amines is 1. The average molecular weight is 247 g/mol. The molecule has 1 N–H and O–H groups in total. The van der Waals surface area contributed by atoms with Crippen molar-refractivity contribution >= 4 is 11.0 Å². The summed E-state index contributed by atoms with van der Waals surface area (Å²) in [5.74, 6) is 0. The van der Waals surface area contributed by atoms with Gasteiger partial charge in [0.1, 0.15) is 5.65 Å². The van der Waals surface area contributed by atoms with E-state index in [2.05, 4.69) is 16.9 Å². The molecule has 0 aliphatic heterocycles. The van der Waals surface area contributed by atoms with Crippen LogP contribution in [0.15, 0.2) is 27.9 Å². The lowest BCUT2D eigenvalue weighted by atomic mass is 10.2. The minimum atomic E-state index is -0.373. The highest BCUT2D eigenvalue weighted by molar-refractivity contribution is 5.72. The van der Waals surface area contributed by atoms with Crippen molar-refractivity contribution in [3.63, 3.8) is 0 Å². The van der Waals surface area contributed by atoms with Crippen LogP contribution in [-0.2, 0) is 6.54 Å². The van der Waals surface area contributed by atoms with E-state index in [-0.39, 0.29) is 11.2 Å². The summed E-state index contributed by atoms with van der Waals surface area (Å²) in [5.41, 5.74) is -0.265. The highest BCUT2D eigenvalue weighted by atomic mass is 16.2. The molecule has 0 bridgehead atoms. The van der Waals surface area contributed by atoms with E-state index in [0.717, 1.165) is 25.7 Å². The smallest absolute Gasteiger partial charge is 0.291 e. The molecule has 0 spiro atoms. The van der Waals surface area contributed by atoms with Gasteiger partial charge in [-0.25, -0.2) is 9.78 Å². The van der Waals surface area contributed by atoms with Crippen LogP contribution in [0.25, 0.3) is 11.0 Å². The predicted molar refractivity (Wildman–Crippen MR) is 70.8 cm³/mol. The van der Waals surface area contributed by atoms with Crippen molar-refractivity contribution in [2.75, 3.05) is 0 Å². The first-order valence-corrected chi connectivity index (χ1v) is 6.32. The van der Waals surface area contributed by atoms with Crippen molar-refractivity contribution in [1.29, 1.82) is 0 Å². The molecule has 0 atom stereocenters. The van der Waals surface area contributed by atoms with Gasteiger partial charge < -0.3 is 0 Å². The summed E-state index contributed by atoms with van der Waals surface area (Å²) in [4.78, 5) is 30.5. The van der Waals surface area contributed by atoms with Crippen LogP contribution < -0.4 is 11.2 Å². The number of nitrogens with zero attached hydrogens (tertiary/aromatic N) is 2. The average Bonchev–Trinajstić information content (AvgIpc) is 2.38. The van der Waals surface area contributed by atoms with E-state index in [9.17, 15) is 9.59 Å². The molecule has 0 saturated heterocycles. The van der Waals surface area contributed by atoms with Gasteiger partial charge in [-0.15, -0.1) is 0 Å². The van der Waals surface area contributed by atoms with Gasteiger partial charge in [0.25, 0.3) is 5.56 Å². The molecule has 0 aromatic carbocycles. The molecular formula is C13H17N3O2. The monoisotopic (exact) mass is 247 g/mol. The molecule has 0 radical (unpaired) electrons. The number of hydrogen-bond acceptors (Lipinski definition) is 3. The summed E-state index contributed by atoms with van der Waals surface area (Å²) >= 11 is 0. The Morgan fingerprint density at radius 2 is 2.11 bits per heavy atom. The number of fused-ring (bicyclic) bond motifs is 1. The minimum Gasteiger partial charge on any atom is -0.291 e. The summed E-state index contributed by atoms with van der Waals surface area (Å²) in [6.45, 7) is 2.60. The van der Waals surface area contributed by atoms with Gasteiger partial charge in [0.15, 0.2) is 0 Å². The predicted octanol–water partition coefficient (Wildman–Crippen LogP) is 1.67. The van der Waals surface area contributed by atoms with Crippen molar-refractivity contribution in [3.8, 4) is 0 Å². The Morgan fingerprint density at radius 3 is 2.89 bits per heavy atom. The molecule has 2 heterocycles. The lowest BCUT2D eigenvalue weighted by Gasteiger charge is -2.05. The molecule has 0 amide bonds. The molecule has 5 heteroatoms. The van der Waals surface area contributed by atoms with Gasteiger partial charge >= 0.3 is 5.69 Å². The molecule has 96 valence electrons. The molecule has 0 fully saturated rings. The summed E-state index contributed by atoms with van der Waals surface area (Å²) in [5, 5.41) is 0.465. The minimum absolute atomic E-state index is 0.252.